The smallest absolute Gasteiger partial charge is 0.244 e. The Morgan fingerprint density at radius 3 is 2.40 bits per heavy atom. The number of carbonyl (C=O) groups is 1. The molecular weight excluding hydrogens is 422 g/mol. The Morgan fingerprint density at radius 2 is 1.87 bits per heavy atom. The van der Waals surface area contributed by atoms with Crippen LogP contribution in [0, 0.1) is 0 Å². The summed E-state index contributed by atoms with van der Waals surface area (Å²) in [6, 6.07) is 9.10. The van der Waals surface area contributed by atoms with E-state index < -0.39 is 5.60 Å². The predicted molar refractivity (Wildman–Crippen MR) is 120 cm³/mol. The van der Waals surface area contributed by atoms with E-state index >= 15 is 0 Å². The predicted octanol–water partition coefficient (Wildman–Crippen LogP) is 3.90. The van der Waals surface area contributed by atoms with E-state index in [9.17, 15) is 9.90 Å². The molecule has 158 valence electrons. The Kier molecular flexibility index (Phi) is 7.15. The van der Waals surface area contributed by atoms with Crippen molar-refractivity contribution >= 4 is 34.7 Å². The molecule has 0 aliphatic carbocycles. The Hall–Kier alpha value is -2.81. The number of benzene rings is 1. The summed E-state index contributed by atoms with van der Waals surface area (Å²) >= 11 is 2.95. The van der Waals surface area contributed by atoms with Crippen LogP contribution in [0.1, 0.15) is 16.0 Å². The van der Waals surface area contributed by atoms with Crippen LogP contribution < -0.4 is 19.5 Å². The van der Waals surface area contributed by atoms with Crippen LogP contribution in [0.25, 0.3) is 6.08 Å². The topological polar surface area (TPSA) is 77.0 Å². The lowest BCUT2D eigenvalue weighted by Gasteiger charge is -2.26. The second-order valence-corrected chi connectivity index (χ2v) is 8.09. The van der Waals surface area contributed by atoms with Gasteiger partial charge in [-0.3, -0.25) is 4.79 Å². The van der Waals surface area contributed by atoms with E-state index in [0.29, 0.717) is 22.8 Å². The van der Waals surface area contributed by atoms with E-state index in [2.05, 4.69) is 5.32 Å². The van der Waals surface area contributed by atoms with Gasteiger partial charge in [-0.15, -0.1) is 11.3 Å². The molecule has 2 N–H and O–H groups in total. The van der Waals surface area contributed by atoms with Crippen molar-refractivity contribution in [3.8, 4) is 17.2 Å². The third kappa shape index (κ3) is 4.67. The van der Waals surface area contributed by atoms with Gasteiger partial charge < -0.3 is 24.6 Å². The van der Waals surface area contributed by atoms with Gasteiger partial charge in [0.25, 0.3) is 0 Å². The maximum absolute atomic E-state index is 12.4. The van der Waals surface area contributed by atoms with Gasteiger partial charge in [0.1, 0.15) is 5.60 Å². The second-order valence-electron chi connectivity index (χ2n) is 6.36. The summed E-state index contributed by atoms with van der Waals surface area (Å²) < 4.78 is 16.0. The number of ether oxygens (including phenoxy) is 3. The van der Waals surface area contributed by atoms with Crippen LogP contribution in [-0.2, 0) is 10.4 Å². The molecule has 3 rings (SSSR count). The standard InChI is InChI=1S/C22H23NO5S2/c1-26-17-11-15(12-18(27-2)21(17)28-3)6-7-20(24)23-14-22(25,16-8-10-29-13-16)19-5-4-9-30-19/h4-13,25H,14H2,1-3H3,(H,23,24)/b7-6+. The van der Waals surface area contributed by atoms with Crippen molar-refractivity contribution in [3.63, 3.8) is 0 Å². The van der Waals surface area contributed by atoms with Gasteiger partial charge in [0.05, 0.1) is 27.9 Å². The molecule has 1 atom stereocenters. The Bertz CT molecular complexity index is 937. The quantitative estimate of drug-likeness (QED) is 0.489. The van der Waals surface area contributed by atoms with E-state index in [1.807, 2.05) is 34.3 Å². The fourth-order valence-corrected chi connectivity index (χ4v) is 4.56. The van der Waals surface area contributed by atoms with Gasteiger partial charge >= 0.3 is 0 Å². The minimum Gasteiger partial charge on any atom is -0.493 e. The lowest BCUT2D eigenvalue weighted by molar-refractivity contribution is -0.117. The number of nitrogens with one attached hydrogen (secondary N) is 1. The molecule has 2 heterocycles. The Morgan fingerprint density at radius 1 is 1.13 bits per heavy atom. The first-order valence-corrected chi connectivity index (χ1v) is 10.9. The van der Waals surface area contributed by atoms with Crippen molar-refractivity contribution in [2.45, 2.75) is 5.60 Å². The number of rotatable bonds is 9. The van der Waals surface area contributed by atoms with Crippen molar-refractivity contribution < 1.29 is 24.1 Å². The van der Waals surface area contributed by atoms with Gasteiger partial charge in [0.15, 0.2) is 11.5 Å². The molecule has 0 aliphatic heterocycles. The highest BCUT2D eigenvalue weighted by atomic mass is 32.1. The molecule has 2 aromatic heterocycles. The number of thiophene rings is 2. The fraction of sp³-hybridized carbons (Fsp3) is 0.227. The van der Waals surface area contributed by atoms with E-state index in [1.165, 1.54) is 50.1 Å². The normalized spacial score (nSPS) is 13.1. The number of carbonyl (C=O) groups excluding carboxylic acids is 1. The molecule has 1 unspecified atom stereocenters. The van der Waals surface area contributed by atoms with E-state index in [-0.39, 0.29) is 12.5 Å². The summed E-state index contributed by atoms with van der Waals surface area (Å²) in [6.07, 6.45) is 3.05. The largest absolute Gasteiger partial charge is 0.493 e. The average Bonchev–Trinajstić information content (AvgIpc) is 3.49. The fourth-order valence-electron chi connectivity index (χ4n) is 2.99. The highest BCUT2D eigenvalue weighted by Gasteiger charge is 2.33. The summed E-state index contributed by atoms with van der Waals surface area (Å²) in [5.41, 5.74) is 0.194. The van der Waals surface area contributed by atoms with E-state index in [0.717, 1.165) is 10.4 Å². The Balaban J connectivity index is 1.74. The number of methoxy groups -OCH3 is 3. The minimum absolute atomic E-state index is 0.0582. The SMILES string of the molecule is COc1cc(/C=C/C(=O)NCC(O)(c2ccsc2)c2cccs2)cc(OC)c1OC. The minimum atomic E-state index is -1.27. The number of aliphatic hydroxyl groups is 1. The molecule has 0 aliphatic rings. The van der Waals surface area contributed by atoms with Crippen LogP contribution >= 0.6 is 22.7 Å². The maximum atomic E-state index is 12.4. The highest BCUT2D eigenvalue weighted by Crippen LogP contribution is 2.38. The number of hydrogen-bond donors (Lipinski definition) is 2. The zero-order valence-corrected chi connectivity index (χ0v) is 18.5. The Labute approximate surface area is 183 Å². The van der Waals surface area contributed by atoms with Crippen molar-refractivity contribution in [3.05, 3.63) is 68.6 Å². The third-order valence-electron chi connectivity index (χ3n) is 4.56. The summed E-state index contributed by atoms with van der Waals surface area (Å²) in [7, 11) is 4.60. The average molecular weight is 446 g/mol. The van der Waals surface area contributed by atoms with Gasteiger partial charge in [0.2, 0.25) is 11.7 Å². The third-order valence-corrected chi connectivity index (χ3v) is 6.26. The molecule has 0 spiro atoms. The molecule has 0 fully saturated rings. The molecule has 8 heteroatoms. The zero-order chi connectivity index (χ0) is 21.6. The second kappa shape index (κ2) is 9.80. The van der Waals surface area contributed by atoms with Crippen molar-refractivity contribution in [1.82, 2.24) is 5.32 Å². The first kappa shape index (κ1) is 21.9. The molecule has 3 aromatic rings. The molecule has 0 saturated heterocycles. The summed E-state index contributed by atoms with van der Waals surface area (Å²) in [5.74, 6) is 1.16. The molecular formula is C22H23NO5S2. The van der Waals surface area contributed by atoms with Crippen LogP contribution in [0.4, 0.5) is 0 Å². The van der Waals surface area contributed by atoms with E-state index in [1.54, 1.807) is 18.2 Å². The molecule has 0 radical (unpaired) electrons. The monoisotopic (exact) mass is 445 g/mol. The van der Waals surface area contributed by atoms with Gasteiger partial charge in [-0.25, -0.2) is 0 Å². The molecule has 30 heavy (non-hydrogen) atoms. The number of hydrogen-bond acceptors (Lipinski definition) is 7. The van der Waals surface area contributed by atoms with E-state index in [4.69, 9.17) is 14.2 Å². The van der Waals surface area contributed by atoms with Crippen molar-refractivity contribution in [1.29, 1.82) is 0 Å². The van der Waals surface area contributed by atoms with Crippen LogP contribution in [-0.4, -0.2) is 38.9 Å². The van der Waals surface area contributed by atoms with Crippen molar-refractivity contribution in [2.24, 2.45) is 0 Å². The summed E-state index contributed by atoms with van der Waals surface area (Å²) in [5, 5.41) is 19.8. The molecule has 1 amide bonds. The molecule has 1 aromatic carbocycles. The van der Waals surface area contributed by atoms with Crippen LogP contribution in [0.5, 0.6) is 17.2 Å². The lowest BCUT2D eigenvalue weighted by Crippen LogP contribution is -2.40. The molecule has 6 nitrogen and oxygen atoms in total. The molecule has 0 bridgehead atoms. The van der Waals surface area contributed by atoms with Crippen LogP contribution in [0.15, 0.2) is 52.5 Å². The first-order chi connectivity index (χ1) is 14.5. The van der Waals surface area contributed by atoms with Crippen LogP contribution in [0.3, 0.4) is 0 Å². The van der Waals surface area contributed by atoms with Gasteiger partial charge in [-0.05, 0) is 52.0 Å². The van der Waals surface area contributed by atoms with Gasteiger partial charge in [0, 0.05) is 16.5 Å². The maximum Gasteiger partial charge on any atom is 0.244 e. The van der Waals surface area contributed by atoms with Crippen LogP contribution in [0.2, 0.25) is 0 Å². The van der Waals surface area contributed by atoms with Gasteiger partial charge in [-0.2, -0.15) is 11.3 Å². The summed E-state index contributed by atoms with van der Waals surface area (Å²) in [4.78, 5) is 13.2. The molecule has 0 saturated carbocycles. The number of amides is 1. The zero-order valence-electron chi connectivity index (χ0n) is 16.9. The highest BCUT2D eigenvalue weighted by molar-refractivity contribution is 7.10. The van der Waals surface area contributed by atoms with Gasteiger partial charge in [-0.1, -0.05) is 6.07 Å². The van der Waals surface area contributed by atoms with Crippen molar-refractivity contribution in [2.75, 3.05) is 27.9 Å². The first-order valence-electron chi connectivity index (χ1n) is 9.06. The lowest BCUT2D eigenvalue weighted by atomic mass is 9.94. The summed E-state index contributed by atoms with van der Waals surface area (Å²) in [6.45, 7) is 0.0582.